The number of fused-ring (bicyclic) bond motifs is 2. The van der Waals surface area contributed by atoms with Gasteiger partial charge in [0, 0.05) is 12.6 Å². The van der Waals surface area contributed by atoms with Crippen molar-refractivity contribution in [2.75, 3.05) is 11.4 Å². The predicted molar refractivity (Wildman–Crippen MR) is 103 cm³/mol. The molecule has 2 unspecified atom stereocenters. The molecule has 2 heterocycles. The summed E-state index contributed by atoms with van der Waals surface area (Å²) in [7, 11) is 0. The number of hydrogen-bond acceptors (Lipinski definition) is 4. The topological polar surface area (TPSA) is 90.4 Å². The van der Waals surface area contributed by atoms with Crippen molar-refractivity contribution in [3.8, 4) is 0 Å². The largest absolute Gasteiger partial charge is 0.480 e. The molecule has 1 saturated heterocycles. The lowest BCUT2D eigenvalue weighted by Crippen LogP contribution is -2.60. The molecular formula is C21H25N3O5. The van der Waals surface area contributed by atoms with Crippen LogP contribution in [0, 0.1) is 5.92 Å². The van der Waals surface area contributed by atoms with Crippen LogP contribution in [0.4, 0.5) is 15.3 Å². The van der Waals surface area contributed by atoms with Crippen LogP contribution in [-0.2, 0) is 16.1 Å². The Balaban J connectivity index is 1.38. The van der Waals surface area contributed by atoms with E-state index >= 15 is 0 Å². The van der Waals surface area contributed by atoms with Gasteiger partial charge in [-0.25, -0.2) is 14.4 Å². The van der Waals surface area contributed by atoms with Crippen molar-refractivity contribution in [3.63, 3.8) is 0 Å². The molecule has 1 N–H and O–H groups in total. The summed E-state index contributed by atoms with van der Waals surface area (Å²) >= 11 is 0. The van der Waals surface area contributed by atoms with Crippen LogP contribution in [0.3, 0.4) is 0 Å². The van der Waals surface area contributed by atoms with Crippen LogP contribution in [0.15, 0.2) is 24.3 Å². The number of carboxylic acids is 1. The van der Waals surface area contributed by atoms with E-state index in [1.807, 2.05) is 24.3 Å². The van der Waals surface area contributed by atoms with Crippen molar-refractivity contribution in [1.29, 1.82) is 0 Å². The third kappa shape index (κ3) is 3.10. The van der Waals surface area contributed by atoms with Crippen LogP contribution in [-0.4, -0.2) is 57.8 Å². The van der Waals surface area contributed by atoms with Crippen molar-refractivity contribution in [1.82, 2.24) is 9.96 Å². The van der Waals surface area contributed by atoms with Gasteiger partial charge in [0.15, 0.2) is 0 Å². The monoisotopic (exact) mass is 399 g/mol. The summed E-state index contributed by atoms with van der Waals surface area (Å²) in [4.78, 5) is 46.1. The first kappa shape index (κ1) is 18.3. The zero-order valence-electron chi connectivity index (χ0n) is 16.2. The van der Waals surface area contributed by atoms with Gasteiger partial charge in [-0.1, -0.05) is 24.6 Å². The Bertz CT molecular complexity index is 854. The molecule has 3 fully saturated rings. The number of nitrogens with zero attached hydrogens (tertiary/aromatic N) is 3. The van der Waals surface area contributed by atoms with Gasteiger partial charge in [0.1, 0.15) is 6.04 Å². The number of rotatable bonds is 2. The van der Waals surface area contributed by atoms with Gasteiger partial charge in [-0.2, -0.15) is 0 Å². The van der Waals surface area contributed by atoms with Gasteiger partial charge < -0.3 is 14.8 Å². The predicted octanol–water partition coefficient (Wildman–Crippen LogP) is 3.01. The van der Waals surface area contributed by atoms with Gasteiger partial charge >= 0.3 is 18.1 Å². The summed E-state index contributed by atoms with van der Waals surface area (Å²) in [6, 6.07) is 6.44. The van der Waals surface area contributed by atoms with Gasteiger partial charge in [0.05, 0.1) is 11.7 Å². The van der Waals surface area contributed by atoms with Gasteiger partial charge in [0.25, 0.3) is 0 Å². The molecule has 3 atom stereocenters. The molecule has 1 aromatic rings. The summed E-state index contributed by atoms with van der Waals surface area (Å²) in [5.74, 6) is -0.611. The van der Waals surface area contributed by atoms with E-state index in [1.165, 1.54) is 4.90 Å². The number of aliphatic carboxylic acids is 1. The summed E-state index contributed by atoms with van der Waals surface area (Å²) in [5.41, 5.74) is 1.99. The number of para-hydroxylation sites is 1. The van der Waals surface area contributed by atoms with Gasteiger partial charge in [-0.15, -0.1) is 5.06 Å². The lowest BCUT2D eigenvalue weighted by Gasteiger charge is -2.42. The minimum absolute atomic E-state index is 0.0873. The zero-order valence-corrected chi connectivity index (χ0v) is 16.2. The number of benzene rings is 1. The average molecular weight is 399 g/mol. The van der Waals surface area contributed by atoms with Gasteiger partial charge in [-0.05, 0) is 56.1 Å². The first-order valence-corrected chi connectivity index (χ1v) is 10.5. The molecule has 8 nitrogen and oxygen atoms in total. The highest BCUT2D eigenvalue weighted by Crippen LogP contribution is 2.42. The Kier molecular flexibility index (Phi) is 4.37. The molecule has 1 aromatic carbocycles. The molecule has 8 heteroatoms. The van der Waals surface area contributed by atoms with Crippen LogP contribution in [0.25, 0.3) is 0 Å². The second kappa shape index (κ2) is 6.93. The number of amides is 3. The summed E-state index contributed by atoms with van der Waals surface area (Å²) in [6.45, 7) is 0.369. The van der Waals surface area contributed by atoms with E-state index in [-0.39, 0.29) is 12.1 Å². The second-order valence-electron chi connectivity index (χ2n) is 8.49. The van der Waals surface area contributed by atoms with Crippen molar-refractivity contribution in [2.45, 2.75) is 63.1 Å². The van der Waals surface area contributed by atoms with Crippen LogP contribution >= 0.6 is 0 Å². The smallest absolute Gasteiger partial charge is 0.439 e. The highest BCUT2D eigenvalue weighted by molar-refractivity contribution is 5.91. The standard InChI is InChI=1S/C21H25N3O5/c25-19(26)18-10-11-22(18)20(27)24(15-8-9-15)29-21(28)23-16-6-2-1-4-13(16)12-14-5-3-7-17(14)23/h1-2,4,6,14-15,17-18H,3,5,7-12H2,(H,25,26)/t14?,17?,18-/m0/s1. The molecule has 3 amide bonds. The molecule has 4 aliphatic rings. The summed E-state index contributed by atoms with van der Waals surface area (Å²) in [6.07, 6.45) is 5.45. The third-order valence-corrected chi connectivity index (χ3v) is 6.67. The number of carboxylic acid groups (broad SMARTS) is 1. The van der Waals surface area contributed by atoms with Crippen LogP contribution in [0.1, 0.15) is 44.1 Å². The maximum absolute atomic E-state index is 13.3. The lowest BCUT2D eigenvalue weighted by molar-refractivity contribution is -0.148. The molecule has 2 saturated carbocycles. The Morgan fingerprint density at radius 1 is 1.07 bits per heavy atom. The molecule has 29 heavy (non-hydrogen) atoms. The SMILES string of the molecule is O=C(O)[C@@H]1CCN1C(=O)N(OC(=O)N1c2ccccc2CC2CCCC21)C1CC1. The van der Waals surface area contributed by atoms with Crippen molar-refractivity contribution >= 4 is 23.8 Å². The minimum atomic E-state index is -1.02. The van der Waals surface area contributed by atoms with Gasteiger partial charge in [0.2, 0.25) is 0 Å². The fourth-order valence-corrected chi connectivity index (χ4v) is 4.92. The normalized spacial score (nSPS) is 27.5. The van der Waals surface area contributed by atoms with Crippen LogP contribution < -0.4 is 4.90 Å². The Morgan fingerprint density at radius 2 is 1.86 bits per heavy atom. The number of urea groups is 1. The third-order valence-electron chi connectivity index (χ3n) is 6.67. The number of anilines is 1. The molecule has 0 radical (unpaired) electrons. The second-order valence-corrected chi connectivity index (χ2v) is 8.49. The molecule has 2 aliphatic heterocycles. The molecule has 0 aromatic heterocycles. The van der Waals surface area contributed by atoms with E-state index in [2.05, 4.69) is 0 Å². The van der Waals surface area contributed by atoms with E-state index < -0.39 is 24.1 Å². The number of carbonyl (C=O) groups is 3. The van der Waals surface area contributed by atoms with Crippen LogP contribution in [0.2, 0.25) is 0 Å². The Labute approximate surface area is 169 Å². The van der Waals surface area contributed by atoms with E-state index in [1.54, 1.807) is 4.90 Å². The number of likely N-dealkylation sites (tertiary alicyclic amines) is 1. The van der Waals surface area contributed by atoms with Crippen molar-refractivity contribution in [3.05, 3.63) is 29.8 Å². The number of hydrogen-bond donors (Lipinski definition) is 1. The highest BCUT2D eigenvalue weighted by atomic mass is 16.7. The van der Waals surface area contributed by atoms with E-state index in [0.717, 1.165) is 54.8 Å². The number of carbonyl (C=O) groups excluding carboxylic acids is 2. The van der Waals surface area contributed by atoms with E-state index in [0.29, 0.717) is 18.9 Å². The maximum Gasteiger partial charge on any atom is 0.439 e. The van der Waals surface area contributed by atoms with Gasteiger partial charge in [-0.3, -0.25) is 4.90 Å². The van der Waals surface area contributed by atoms with Crippen molar-refractivity contribution < 1.29 is 24.3 Å². The fourth-order valence-electron chi connectivity index (χ4n) is 4.92. The minimum Gasteiger partial charge on any atom is -0.480 e. The Hall–Kier alpha value is -2.77. The lowest BCUT2D eigenvalue weighted by atomic mass is 9.88. The average Bonchev–Trinajstić information content (AvgIpc) is 3.39. The van der Waals surface area contributed by atoms with E-state index in [4.69, 9.17) is 4.84 Å². The maximum atomic E-state index is 13.3. The molecule has 0 bridgehead atoms. The first-order chi connectivity index (χ1) is 14.0. The fraction of sp³-hybridized carbons (Fsp3) is 0.571. The zero-order chi connectivity index (χ0) is 20.1. The molecule has 0 spiro atoms. The molecule has 2 aliphatic carbocycles. The highest BCUT2D eigenvalue weighted by Gasteiger charge is 2.47. The van der Waals surface area contributed by atoms with Crippen molar-refractivity contribution in [2.24, 2.45) is 5.92 Å². The molecular weight excluding hydrogens is 374 g/mol. The Morgan fingerprint density at radius 3 is 2.55 bits per heavy atom. The molecule has 5 rings (SSSR count). The summed E-state index contributed by atoms with van der Waals surface area (Å²) in [5, 5.41) is 10.4. The molecule has 154 valence electrons. The van der Waals surface area contributed by atoms with Crippen LogP contribution in [0.5, 0.6) is 0 Å². The quantitative estimate of drug-likeness (QED) is 0.772. The summed E-state index contributed by atoms with van der Waals surface area (Å²) < 4.78 is 0. The number of hydroxylamine groups is 2. The van der Waals surface area contributed by atoms with E-state index in [9.17, 15) is 19.5 Å². The first-order valence-electron chi connectivity index (χ1n) is 10.5.